The summed E-state index contributed by atoms with van der Waals surface area (Å²) in [6.07, 6.45) is 8.20. The van der Waals surface area contributed by atoms with Crippen LogP contribution in [-0.2, 0) is 11.3 Å². The molecule has 0 aliphatic rings. The van der Waals surface area contributed by atoms with Crippen LogP contribution in [0.1, 0.15) is 31.7 Å². The third-order valence-corrected chi connectivity index (χ3v) is 2.69. The standard InChI is InChI=1S/C13H22NO/c1-4-5-6-13(15-3)11-14-9-7-12(2)8-10-14/h7-10,13H,4-6,11H2,1-3H3/q+1. The van der Waals surface area contributed by atoms with Gasteiger partial charge in [0.05, 0.1) is 0 Å². The number of aryl methyl sites for hydroxylation is 1. The van der Waals surface area contributed by atoms with E-state index in [0.29, 0.717) is 6.10 Å². The van der Waals surface area contributed by atoms with E-state index < -0.39 is 0 Å². The molecule has 0 fully saturated rings. The number of methoxy groups -OCH3 is 1. The first-order valence-corrected chi connectivity index (χ1v) is 5.74. The lowest BCUT2D eigenvalue weighted by molar-refractivity contribution is -0.704. The van der Waals surface area contributed by atoms with Crippen molar-refractivity contribution < 1.29 is 9.30 Å². The highest BCUT2D eigenvalue weighted by Gasteiger charge is 2.12. The molecule has 1 unspecified atom stereocenters. The number of aromatic nitrogens is 1. The average Bonchev–Trinajstić information content (AvgIpc) is 2.27. The largest absolute Gasteiger partial charge is 0.375 e. The molecule has 1 heterocycles. The maximum Gasteiger partial charge on any atom is 0.174 e. The lowest BCUT2D eigenvalue weighted by Crippen LogP contribution is -2.39. The van der Waals surface area contributed by atoms with Gasteiger partial charge in [-0.3, -0.25) is 0 Å². The number of hydrogen-bond acceptors (Lipinski definition) is 1. The van der Waals surface area contributed by atoms with Crippen LogP contribution in [0.25, 0.3) is 0 Å². The van der Waals surface area contributed by atoms with Crippen LogP contribution in [0.3, 0.4) is 0 Å². The van der Waals surface area contributed by atoms with Crippen LogP contribution < -0.4 is 4.57 Å². The van der Waals surface area contributed by atoms with Crippen molar-refractivity contribution in [2.75, 3.05) is 7.11 Å². The number of ether oxygens (including phenoxy) is 1. The highest BCUT2D eigenvalue weighted by Crippen LogP contribution is 2.04. The van der Waals surface area contributed by atoms with Gasteiger partial charge >= 0.3 is 0 Å². The van der Waals surface area contributed by atoms with E-state index in [1.807, 2.05) is 0 Å². The van der Waals surface area contributed by atoms with Crippen LogP contribution in [-0.4, -0.2) is 13.2 Å². The van der Waals surface area contributed by atoms with E-state index in [9.17, 15) is 0 Å². The maximum atomic E-state index is 5.47. The SMILES string of the molecule is CCCCC(C[n+]1ccc(C)cc1)OC. The molecule has 1 rings (SSSR count). The van der Waals surface area contributed by atoms with E-state index >= 15 is 0 Å². The zero-order valence-electron chi connectivity index (χ0n) is 10.1. The van der Waals surface area contributed by atoms with Crippen molar-refractivity contribution in [3.63, 3.8) is 0 Å². The molecule has 0 radical (unpaired) electrons. The molecular weight excluding hydrogens is 186 g/mol. The van der Waals surface area contributed by atoms with Crippen LogP contribution in [0, 0.1) is 6.92 Å². The summed E-state index contributed by atoms with van der Waals surface area (Å²) in [7, 11) is 1.80. The molecule has 0 saturated carbocycles. The zero-order chi connectivity index (χ0) is 11.1. The Morgan fingerprint density at radius 3 is 2.53 bits per heavy atom. The fourth-order valence-corrected chi connectivity index (χ4v) is 1.60. The van der Waals surface area contributed by atoms with Crippen molar-refractivity contribution in [1.29, 1.82) is 0 Å². The highest BCUT2D eigenvalue weighted by molar-refractivity contribution is 5.03. The maximum absolute atomic E-state index is 5.47. The fraction of sp³-hybridized carbons (Fsp3) is 0.615. The van der Waals surface area contributed by atoms with Gasteiger partial charge in [-0.25, -0.2) is 4.57 Å². The summed E-state index contributed by atoms with van der Waals surface area (Å²) < 4.78 is 7.66. The van der Waals surface area contributed by atoms with Gasteiger partial charge in [0, 0.05) is 19.2 Å². The Balaban J connectivity index is 2.47. The minimum atomic E-state index is 0.345. The van der Waals surface area contributed by atoms with Gasteiger partial charge < -0.3 is 4.74 Å². The molecule has 2 heteroatoms. The summed E-state index contributed by atoms with van der Waals surface area (Å²) in [5.74, 6) is 0. The third kappa shape index (κ3) is 4.43. The van der Waals surface area contributed by atoms with Crippen molar-refractivity contribution in [1.82, 2.24) is 0 Å². The quantitative estimate of drug-likeness (QED) is 0.655. The minimum Gasteiger partial charge on any atom is -0.375 e. The van der Waals surface area contributed by atoms with Gasteiger partial charge in [-0.1, -0.05) is 19.8 Å². The van der Waals surface area contributed by atoms with E-state index in [-0.39, 0.29) is 0 Å². The van der Waals surface area contributed by atoms with E-state index in [1.54, 1.807) is 7.11 Å². The van der Waals surface area contributed by atoms with Crippen molar-refractivity contribution in [3.05, 3.63) is 30.1 Å². The van der Waals surface area contributed by atoms with Crippen LogP contribution >= 0.6 is 0 Å². The molecule has 0 aliphatic carbocycles. The van der Waals surface area contributed by atoms with Crippen molar-refractivity contribution in [2.24, 2.45) is 0 Å². The highest BCUT2D eigenvalue weighted by atomic mass is 16.5. The van der Waals surface area contributed by atoms with Gasteiger partial charge in [0.15, 0.2) is 18.9 Å². The summed E-state index contributed by atoms with van der Waals surface area (Å²) in [4.78, 5) is 0. The van der Waals surface area contributed by atoms with Crippen molar-refractivity contribution in [2.45, 2.75) is 45.8 Å². The molecular formula is C13H22NO+. The van der Waals surface area contributed by atoms with Crippen LogP contribution in [0.5, 0.6) is 0 Å². The molecule has 0 aliphatic heterocycles. The first-order valence-electron chi connectivity index (χ1n) is 5.74. The molecule has 2 nitrogen and oxygen atoms in total. The molecule has 0 N–H and O–H groups in total. The predicted octanol–water partition coefficient (Wildman–Crippen LogP) is 2.49. The smallest absolute Gasteiger partial charge is 0.174 e. The van der Waals surface area contributed by atoms with Gasteiger partial charge in [0.25, 0.3) is 0 Å². The molecule has 0 spiro atoms. The lowest BCUT2D eigenvalue weighted by Gasteiger charge is -2.11. The van der Waals surface area contributed by atoms with Crippen molar-refractivity contribution in [3.8, 4) is 0 Å². The van der Waals surface area contributed by atoms with E-state index in [2.05, 4.69) is 42.9 Å². The zero-order valence-corrected chi connectivity index (χ0v) is 10.1. The monoisotopic (exact) mass is 208 g/mol. The Hall–Kier alpha value is -0.890. The third-order valence-electron chi connectivity index (χ3n) is 2.69. The van der Waals surface area contributed by atoms with Crippen LogP contribution in [0.4, 0.5) is 0 Å². The molecule has 0 saturated heterocycles. The molecule has 1 atom stereocenters. The second-order valence-corrected chi connectivity index (χ2v) is 4.07. The summed E-state index contributed by atoms with van der Waals surface area (Å²) in [6, 6.07) is 4.26. The number of unbranched alkanes of at least 4 members (excludes halogenated alkanes) is 1. The Morgan fingerprint density at radius 2 is 2.00 bits per heavy atom. The average molecular weight is 208 g/mol. The van der Waals surface area contributed by atoms with Crippen LogP contribution in [0.2, 0.25) is 0 Å². The normalized spacial score (nSPS) is 12.7. The Kier molecular flexibility index (Phi) is 5.33. The van der Waals surface area contributed by atoms with Gasteiger partial charge in [-0.15, -0.1) is 0 Å². The number of rotatable bonds is 6. The van der Waals surface area contributed by atoms with Gasteiger partial charge in [-0.2, -0.15) is 0 Å². The van der Waals surface area contributed by atoms with Crippen LogP contribution in [0.15, 0.2) is 24.5 Å². The minimum absolute atomic E-state index is 0.345. The van der Waals surface area contributed by atoms with Crippen molar-refractivity contribution >= 4 is 0 Å². The van der Waals surface area contributed by atoms with E-state index in [0.717, 1.165) is 13.0 Å². The molecule has 84 valence electrons. The Bertz CT molecular complexity index is 268. The molecule has 0 amide bonds. The number of hydrogen-bond donors (Lipinski definition) is 0. The predicted molar refractivity (Wildman–Crippen MR) is 61.7 cm³/mol. The van der Waals surface area contributed by atoms with E-state index in [1.165, 1.54) is 18.4 Å². The molecule has 0 aromatic carbocycles. The first kappa shape index (κ1) is 12.2. The first-order chi connectivity index (χ1) is 7.26. The Labute approximate surface area is 92.9 Å². The molecule has 0 bridgehead atoms. The summed E-state index contributed by atoms with van der Waals surface area (Å²) in [5, 5.41) is 0. The van der Waals surface area contributed by atoms with E-state index in [4.69, 9.17) is 4.74 Å². The van der Waals surface area contributed by atoms with Gasteiger partial charge in [-0.05, 0) is 18.9 Å². The second-order valence-electron chi connectivity index (χ2n) is 4.07. The van der Waals surface area contributed by atoms with Gasteiger partial charge in [0.1, 0.15) is 6.10 Å². The molecule has 1 aromatic heterocycles. The fourth-order valence-electron chi connectivity index (χ4n) is 1.60. The number of pyridine rings is 1. The summed E-state index contributed by atoms with van der Waals surface area (Å²) in [6.45, 7) is 5.28. The topological polar surface area (TPSA) is 13.1 Å². The second kappa shape index (κ2) is 6.57. The lowest BCUT2D eigenvalue weighted by atomic mass is 10.1. The summed E-state index contributed by atoms with van der Waals surface area (Å²) in [5.41, 5.74) is 1.30. The molecule has 1 aromatic rings. The Morgan fingerprint density at radius 1 is 1.33 bits per heavy atom. The summed E-state index contributed by atoms with van der Waals surface area (Å²) >= 11 is 0. The number of nitrogens with zero attached hydrogens (tertiary/aromatic N) is 1. The molecule has 15 heavy (non-hydrogen) atoms. The van der Waals surface area contributed by atoms with Gasteiger partial charge in [0.2, 0.25) is 0 Å².